The first-order valence-corrected chi connectivity index (χ1v) is 8.31. The predicted octanol–water partition coefficient (Wildman–Crippen LogP) is 4.52. The number of aliphatic carboxylic acids is 1. The van der Waals surface area contributed by atoms with E-state index in [-0.39, 0.29) is 23.4 Å². The monoisotopic (exact) mass is 314 g/mol. The zero-order chi connectivity index (χ0) is 17.7. The number of carboxylic acids is 1. The maximum Gasteiger partial charge on any atom is 0.323 e. The first kappa shape index (κ1) is 20.9. The first-order chi connectivity index (χ1) is 9.86. The number of carboxylic acid groups (broad SMARTS) is 1. The van der Waals surface area contributed by atoms with Crippen LogP contribution in [-0.4, -0.2) is 23.1 Å². The molecule has 0 spiro atoms. The lowest BCUT2D eigenvalue weighted by atomic mass is 9.74. The molecule has 22 heavy (non-hydrogen) atoms. The molecule has 4 heteroatoms. The minimum atomic E-state index is -1.44. The third-order valence-electron chi connectivity index (χ3n) is 3.90. The van der Waals surface area contributed by atoms with Crippen molar-refractivity contribution in [1.82, 2.24) is 0 Å². The minimum absolute atomic E-state index is 0.108. The second-order valence-electron chi connectivity index (χ2n) is 8.25. The highest BCUT2D eigenvalue weighted by atomic mass is 16.5. The molecule has 1 atom stereocenters. The van der Waals surface area contributed by atoms with E-state index in [0.29, 0.717) is 19.3 Å². The number of hydrogen-bond acceptors (Lipinski definition) is 3. The van der Waals surface area contributed by atoms with Gasteiger partial charge in [0.2, 0.25) is 0 Å². The lowest BCUT2D eigenvalue weighted by Crippen LogP contribution is -2.46. The summed E-state index contributed by atoms with van der Waals surface area (Å²) in [5, 5.41) is 9.78. The number of carbonyl (C=O) groups is 2. The Balaban J connectivity index is 5.56. The maximum absolute atomic E-state index is 12.8. The van der Waals surface area contributed by atoms with Crippen molar-refractivity contribution in [3.8, 4) is 0 Å². The van der Waals surface area contributed by atoms with Crippen molar-refractivity contribution >= 4 is 11.9 Å². The minimum Gasteiger partial charge on any atom is -0.480 e. The Morgan fingerprint density at radius 1 is 1.00 bits per heavy atom. The molecule has 0 bridgehead atoms. The number of hydrogen-bond donors (Lipinski definition) is 1. The summed E-state index contributed by atoms with van der Waals surface area (Å²) in [7, 11) is 0. The van der Waals surface area contributed by atoms with Crippen molar-refractivity contribution in [3.05, 3.63) is 0 Å². The molecule has 0 rings (SSSR count). The molecule has 0 aromatic heterocycles. The van der Waals surface area contributed by atoms with Crippen LogP contribution in [0.15, 0.2) is 0 Å². The quantitative estimate of drug-likeness (QED) is 0.528. The zero-order valence-electron chi connectivity index (χ0n) is 15.5. The van der Waals surface area contributed by atoms with Crippen LogP contribution in [0.5, 0.6) is 0 Å². The van der Waals surface area contributed by atoms with Gasteiger partial charge in [0.05, 0.1) is 0 Å². The molecule has 1 unspecified atom stereocenters. The lowest BCUT2D eigenvalue weighted by molar-refractivity contribution is -0.179. The van der Waals surface area contributed by atoms with Crippen LogP contribution < -0.4 is 0 Å². The molecule has 0 saturated carbocycles. The molecule has 130 valence electrons. The normalized spacial score (nSPS) is 14.3. The molecule has 0 aromatic rings. The van der Waals surface area contributed by atoms with Gasteiger partial charge in [0.25, 0.3) is 0 Å². The predicted molar refractivity (Wildman–Crippen MR) is 88.6 cm³/mol. The van der Waals surface area contributed by atoms with Crippen molar-refractivity contribution in [1.29, 1.82) is 0 Å². The Morgan fingerprint density at radius 2 is 1.41 bits per heavy atom. The van der Waals surface area contributed by atoms with Crippen LogP contribution >= 0.6 is 0 Å². The van der Waals surface area contributed by atoms with Crippen LogP contribution in [-0.2, 0) is 14.3 Å². The highest BCUT2D eigenvalue weighted by Gasteiger charge is 2.49. The fourth-order valence-corrected chi connectivity index (χ4v) is 3.02. The third-order valence-corrected chi connectivity index (χ3v) is 3.90. The second kappa shape index (κ2) is 7.98. The van der Waals surface area contributed by atoms with Gasteiger partial charge < -0.3 is 9.84 Å². The molecule has 0 aromatic carbocycles. The zero-order valence-corrected chi connectivity index (χ0v) is 15.5. The van der Waals surface area contributed by atoms with Gasteiger partial charge in [-0.05, 0) is 36.5 Å². The van der Waals surface area contributed by atoms with E-state index < -0.39 is 17.4 Å². The molecule has 0 amide bonds. The summed E-state index contributed by atoms with van der Waals surface area (Å²) in [6.07, 6.45) is 1.01. The van der Waals surface area contributed by atoms with E-state index in [4.69, 9.17) is 4.74 Å². The average molecular weight is 314 g/mol. The Labute approximate surface area is 135 Å². The highest BCUT2D eigenvalue weighted by Crippen LogP contribution is 2.37. The largest absolute Gasteiger partial charge is 0.480 e. The molecule has 0 heterocycles. The summed E-state index contributed by atoms with van der Waals surface area (Å²) >= 11 is 0. The van der Waals surface area contributed by atoms with E-state index in [0.717, 1.165) is 0 Å². The van der Waals surface area contributed by atoms with Gasteiger partial charge in [0, 0.05) is 0 Å². The molecule has 0 saturated heterocycles. The standard InChI is InChI=1S/C18H34O4/c1-9-14(17(6,7)8)22-16(21)18(15(19)20,10-12(2)3)11-13(4)5/h12-14H,9-11H2,1-8H3,(H,19,20). The molecule has 4 nitrogen and oxygen atoms in total. The average Bonchev–Trinajstić information content (AvgIpc) is 2.31. The van der Waals surface area contributed by atoms with Crippen LogP contribution in [0, 0.1) is 22.7 Å². The summed E-state index contributed by atoms with van der Waals surface area (Å²) < 4.78 is 5.67. The van der Waals surface area contributed by atoms with E-state index in [1.165, 1.54) is 0 Å². The lowest BCUT2D eigenvalue weighted by Gasteiger charge is -2.35. The van der Waals surface area contributed by atoms with Gasteiger partial charge in [-0.25, -0.2) is 0 Å². The molecule has 0 aliphatic heterocycles. The van der Waals surface area contributed by atoms with Gasteiger partial charge in [0.15, 0.2) is 5.41 Å². The Morgan fingerprint density at radius 3 is 1.64 bits per heavy atom. The van der Waals surface area contributed by atoms with Gasteiger partial charge in [-0.3, -0.25) is 9.59 Å². The molecular formula is C18H34O4. The van der Waals surface area contributed by atoms with Crippen molar-refractivity contribution < 1.29 is 19.4 Å². The van der Waals surface area contributed by atoms with Crippen molar-refractivity contribution in [2.75, 3.05) is 0 Å². The van der Waals surface area contributed by atoms with E-state index in [9.17, 15) is 14.7 Å². The number of carbonyl (C=O) groups excluding carboxylic acids is 1. The van der Waals surface area contributed by atoms with Gasteiger partial charge >= 0.3 is 11.9 Å². The molecule has 0 fully saturated rings. The van der Waals surface area contributed by atoms with Crippen LogP contribution in [0.2, 0.25) is 0 Å². The van der Waals surface area contributed by atoms with Gasteiger partial charge in [-0.15, -0.1) is 0 Å². The summed E-state index contributed by atoms with van der Waals surface area (Å²) in [4.78, 5) is 24.7. The van der Waals surface area contributed by atoms with E-state index in [1.807, 2.05) is 55.4 Å². The highest BCUT2D eigenvalue weighted by molar-refractivity contribution is 5.99. The molecular weight excluding hydrogens is 280 g/mol. The van der Waals surface area contributed by atoms with E-state index in [1.54, 1.807) is 0 Å². The number of esters is 1. The van der Waals surface area contributed by atoms with Crippen molar-refractivity contribution in [2.45, 2.75) is 80.8 Å². The number of ether oxygens (including phenoxy) is 1. The van der Waals surface area contributed by atoms with Crippen molar-refractivity contribution in [2.24, 2.45) is 22.7 Å². The van der Waals surface area contributed by atoms with Crippen LogP contribution in [0.1, 0.15) is 74.7 Å². The summed E-state index contributed by atoms with van der Waals surface area (Å²) in [6.45, 7) is 15.7. The van der Waals surface area contributed by atoms with E-state index >= 15 is 0 Å². The fraction of sp³-hybridized carbons (Fsp3) is 0.889. The molecule has 0 aliphatic rings. The Hall–Kier alpha value is -1.06. The first-order valence-electron chi connectivity index (χ1n) is 8.31. The van der Waals surface area contributed by atoms with E-state index in [2.05, 4.69) is 0 Å². The fourth-order valence-electron chi connectivity index (χ4n) is 3.02. The topological polar surface area (TPSA) is 63.6 Å². The van der Waals surface area contributed by atoms with Crippen LogP contribution in [0.25, 0.3) is 0 Å². The summed E-state index contributed by atoms with van der Waals surface area (Å²) in [6, 6.07) is 0. The van der Waals surface area contributed by atoms with Gasteiger partial charge in [-0.2, -0.15) is 0 Å². The summed E-state index contributed by atoms with van der Waals surface area (Å²) in [5.41, 5.74) is -1.65. The van der Waals surface area contributed by atoms with Crippen LogP contribution in [0.4, 0.5) is 0 Å². The SMILES string of the molecule is CCC(OC(=O)C(CC(C)C)(CC(C)C)C(=O)O)C(C)(C)C. The molecule has 0 aliphatic carbocycles. The maximum atomic E-state index is 12.8. The van der Waals surface area contributed by atoms with Gasteiger partial charge in [0.1, 0.15) is 6.10 Å². The van der Waals surface area contributed by atoms with Gasteiger partial charge in [-0.1, -0.05) is 55.4 Å². The van der Waals surface area contributed by atoms with Crippen molar-refractivity contribution in [3.63, 3.8) is 0 Å². The molecule has 0 radical (unpaired) electrons. The molecule has 1 N–H and O–H groups in total. The second-order valence-corrected chi connectivity index (χ2v) is 8.25. The smallest absolute Gasteiger partial charge is 0.323 e. The third kappa shape index (κ3) is 5.62. The Kier molecular flexibility index (Phi) is 7.60. The summed E-state index contributed by atoms with van der Waals surface area (Å²) in [5.74, 6) is -1.43. The number of rotatable bonds is 8. The van der Waals surface area contributed by atoms with Crippen LogP contribution in [0.3, 0.4) is 0 Å². The Bertz CT molecular complexity index is 367.